The van der Waals surface area contributed by atoms with E-state index in [1.807, 2.05) is 0 Å². The number of fused-ring (bicyclic) bond motifs is 1. The molecule has 0 unspecified atom stereocenters. The first-order chi connectivity index (χ1) is 13.1. The molecule has 2 N–H and O–H groups in total. The van der Waals surface area contributed by atoms with E-state index < -0.39 is 17.6 Å². The molecule has 1 heterocycles. The van der Waals surface area contributed by atoms with Crippen LogP contribution >= 0.6 is 0 Å². The zero-order valence-corrected chi connectivity index (χ0v) is 15.1. The number of amides is 1. The highest BCUT2D eigenvalue weighted by molar-refractivity contribution is 6.05. The first-order valence-electron chi connectivity index (χ1n) is 8.31. The first-order valence-corrected chi connectivity index (χ1v) is 8.31. The lowest BCUT2D eigenvalue weighted by Gasteiger charge is -2.14. The van der Waals surface area contributed by atoms with Gasteiger partial charge < -0.3 is 20.1 Å². The Labute approximate surface area is 158 Å². The number of rotatable bonds is 5. The van der Waals surface area contributed by atoms with Crippen LogP contribution < -0.4 is 20.1 Å². The van der Waals surface area contributed by atoms with Gasteiger partial charge in [0.25, 0.3) is 0 Å². The number of aryl methyl sites for hydroxylation is 1. The van der Waals surface area contributed by atoms with Gasteiger partial charge in [-0.3, -0.25) is 9.59 Å². The monoisotopic (exact) mass is 394 g/mol. The van der Waals surface area contributed by atoms with Gasteiger partial charge in [-0.2, -0.15) is 13.2 Å². The standard InChI is InChI=1S/C19H17F3N2O4/c1-10-3-4-12(5-14(10)19(20,21)22)23-8-18(26)24-15-7-17-16(27-9-28-17)6-13(15)11(2)25/h3-7,23H,8-9H2,1-2H3,(H,24,26). The van der Waals surface area contributed by atoms with E-state index in [-0.39, 0.29) is 41.6 Å². The fourth-order valence-electron chi connectivity index (χ4n) is 2.75. The quantitative estimate of drug-likeness (QED) is 0.750. The Kier molecular flexibility index (Phi) is 5.17. The van der Waals surface area contributed by atoms with E-state index in [0.717, 1.165) is 6.07 Å². The second-order valence-electron chi connectivity index (χ2n) is 6.24. The highest BCUT2D eigenvalue weighted by atomic mass is 19.4. The molecule has 6 nitrogen and oxygen atoms in total. The Morgan fingerprint density at radius 1 is 1.11 bits per heavy atom. The van der Waals surface area contributed by atoms with Gasteiger partial charge in [0.05, 0.1) is 17.8 Å². The number of Topliss-reactive ketones (excluding diaryl/α,β-unsaturated/α-hetero) is 1. The molecule has 1 amide bonds. The van der Waals surface area contributed by atoms with Crippen LogP contribution in [0.25, 0.3) is 0 Å². The summed E-state index contributed by atoms with van der Waals surface area (Å²) in [5.74, 6) is -0.0207. The maximum atomic E-state index is 13.0. The van der Waals surface area contributed by atoms with E-state index in [1.165, 1.54) is 38.1 Å². The number of benzene rings is 2. The Bertz CT molecular complexity index is 942. The van der Waals surface area contributed by atoms with Crippen molar-refractivity contribution in [3.63, 3.8) is 0 Å². The minimum atomic E-state index is -4.48. The Balaban J connectivity index is 1.71. The average molecular weight is 394 g/mol. The molecule has 1 aliphatic heterocycles. The van der Waals surface area contributed by atoms with Crippen LogP contribution in [0, 0.1) is 6.92 Å². The van der Waals surface area contributed by atoms with Gasteiger partial charge in [-0.05, 0) is 37.6 Å². The minimum Gasteiger partial charge on any atom is -0.454 e. The molecule has 2 aromatic rings. The third-order valence-corrected chi connectivity index (χ3v) is 4.16. The van der Waals surface area contributed by atoms with Crippen molar-refractivity contribution in [2.24, 2.45) is 0 Å². The van der Waals surface area contributed by atoms with Crippen LogP contribution in [0.1, 0.15) is 28.4 Å². The Morgan fingerprint density at radius 2 is 1.79 bits per heavy atom. The van der Waals surface area contributed by atoms with Crippen LogP contribution in [0.15, 0.2) is 30.3 Å². The van der Waals surface area contributed by atoms with Crippen LogP contribution in [0.2, 0.25) is 0 Å². The van der Waals surface area contributed by atoms with Gasteiger partial charge in [-0.25, -0.2) is 0 Å². The summed E-state index contributed by atoms with van der Waals surface area (Å²) in [7, 11) is 0. The maximum absolute atomic E-state index is 13.0. The van der Waals surface area contributed by atoms with Crippen molar-refractivity contribution in [3.05, 3.63) is 47.0 Å². The number of alkyl halides is 3. The molecule has 0 fully saturated rings. The molecule has 0 spiro atoms. The lowest BCUT2D eigenvalue weighted by atomic mass is 10.1. The number of carbonyl (C=O) groups excluding carboxylic acids is 2. The second-order valence-corrected chi connectivity index (χ2v) is 6.24. The summed E-state index contributed by atoms with van der Waals surface area (Å²) in [4.78, 5) is 24.1. The van der Waals surface area contributed by atoms with E-state index >= 15 is 0 Å². The summed E-state index contributed by atoms with van der Waals surface area (Å²) in [6, 6.07) is 6.69. The number of nitrogens with one attached hydrogen (secondary N) is 2. The predicted octanol–water partition coefficient (Wildman–Crippen LogP) is 4.00. The zero-order chi connectivity index (χ0) is 20.5. The molecule has 28 heavy (non-hydrogen) atoms. The summed E-state index contributed by atoms with van der Waals surface area (Å²) >= 11 is 0. The van der Waals surface area contributed by atoms with Crippen molar-refractivity contribution in [1.29, 1.82) is 0 Å². The molecule has 3 rings (SSSR count). The number of ketones is 1. The molecular weight excluding hydrogens is 377 g/mol. The van der Waals surface area contributed by atoms with Crippen molar-refractivity contribution in [2.45, 2.75) is 20.0 Å². The van der Waals surface area contributed by atoms with Gasteiger partial charge in [0.15, 0.2) is 17.3 Å². The highest BCUT2D eigenvalue weighted by Gasteiger charge is 2.32. The molecule has 0 aromatic heterocycles. The SMILES string of the molecule is CC(=O)c1cc2c(cc1NC(=O)CNc1ccc(C)c(C(F)(F)F)c1)OCO2. The van der Waals surface area contributed by atoms with Crippen molar-refractivity contribution < 1.29 is 32.2 Å². The molecule has 0 bridgehead atoms. The maximum Gasteiger partial charge on any atom is 0.416 e. The molecule has 0 aliphatic carbocycles. The van der Waals surface area contributed by atoms with E-state index in [9.17, 15) is 22.8 Å². The number of anilines is 2. The molecule has 0 atom stereocenters. The number of ether oxygens (including phenoxy) is 2. The smallest absolute Gasteiger partial charge is 0.416 e. The average Bonchev–Trinajstić information content (AvgIpc) is 3.06. The van der Waals surface area contributed by atoms with Gasteiger partial charge in [0.2, 0.25) is 12.7 Å². The van der Waals surface area contributed by atoms with Crippen LogP contribution in [0.4, 0.5) is 24.5 Å². The Hall–Kier alpha value is -3.23. The van der Waals surface area contributed by atoms with E-state index in [4.69, 9.17) is 9.47 Å². The number of halogens is 3. The molecule has 148 valence electrons. The van der Waals surface area contributed by atoms with E-state index in [1.54, 1.807) is 0 Å². The van der Waals surface area contributed by atoms with Crippen LogP contribution in [-0.2, 0) is 11.0 Å². The fourth-order valence-corrected chi connectivity index (χ4v) is 2.75. The summed E-state index contributed by atoms with van der Waals surface area (Å²) in [5, 5.41) is 5.22. The van der Waals surface area contributed by atoms with Crippen molar-refractivity contribution in [2.75, 3.05) is 24.0 Å². The molecule has 2 aromatic carbocycles. The lowest BCUT2D eigenvalue weighted by molar-refractivity contribution is -0.138. The number of hydrogen-bond donors (Lipinski definition) is 2. The zero-order valence-electron chi connectivity index (χ0n) is 15.1. The van der Waals surface area contributed by atoms with Crippen molar-refractivity contribution >= 4 is 23.1 Å². The summed E-state index contributed by atoms with van der Waals surface area (Å²) in [5.41, 5.74) is -0.0391. The van der Waals surface area contributed by atoms with Gasteiger partial charge in [-0.15, -0.1) is 0 Å². The Morgan fingerprint density at radius 3 is 2.43 bits per heavy atom. The molecule has 0 radical (unpaired) electrons. The van der Waals surface area contributed by atoms with Gasteiger partial charge in [-0.1, -0.05) is 6.07 Å². The molecule has 9 heteroatoms. The normalized spacial score (nSPS) is 12.6. The third kappa shape index (κ3) is 4.19. The van der Waals surface area contributed by atoms with Crippen molar-refractivity contribution in [1.82, 2.24) is 0 Å². The van der Waals surface area contributed by atoms with E-state index in [2.05, 4.69) is 10.6 Å². The predicted molar refractivity (Wildman–Crippen MR) is 95.9 cm³/mol. The van der Waals surface area contributed by atoms with Gasteiger partial charge in [0.1, 0.15) is 0 Å². The fraction of sp³-hybridized carbons (Fsp3) is 0.263. The van der Waals surface area contributed by atoms with Gasteiger partial charge >= 0.3 is 6.18 Å². The van der Waals surface area contributed by atoms with Crippen LogP contribution in [0.3, 0.4) is 0 Å². The molecular formula is C19H17F3N2O4. The molecule has 1 aliphatic rings. The first kappa shape index (κ1) is 19.5. The van der Waals surface area contributed by atoms with Crippen molar-refractivity contribution in [3.8, 4) is 11.5 Å². The minimum absolute atomic E-state index is 0.0145. The largest absolute Gasteiger partial charge is 0.454 e. The van der Waals surface area contributed by atoms with Gasteiger partial charge in [0, 0.05) is 17.3 Å². The topological polar surface area (TPSA) is 76.7 Å². The summed E-state index contributed by atoms with van der Waals surface area (Å²) in [6.07, 6.45) is -4.48. The van der Waals surface area contributed by atoms with Crippen LogP contribution in [-0.4, -0.2) is 25.0 Å². The van der Waals surface area contributed by atoms with Crippen LogP contribution in [0.5, 0.6) is 11.5 Å². The molecule has 0 saturated carbocycles. The number of hydrogen-bond acceptors (Lipinski definition) is 5. The second kappa shape index (κ2) is 7.41. The lowest BCUT2D eigenvalue weighted by Crippen LogP contribution is -2.23. The summed E-state index contributed by atoms with van der Waals surface area (Å²) < 4.78 is 49.4. The molecule has 0 saturated heterocycles. The third-order valence-electron chi connectivity index (χ3n) is 4.16. The van der Waals surface area contributed by atoms with E-state index in [0.29, 0.717) is 11.5 Å². The highest BCUT2D eigenvalue weighted by Crippen LogP contribution is 2.37. The number of carbonyl (C=O) groups is 2. The summed E-state index contributed by atoms with van der Waals surface area (Å²) in [6.45, 7) is 2.44.